The fourth-order valence-corrected chi connectivity index (χ4v) is 3.80. The van der Waals surface area contributed by atoms with Gasteiger partial charge >= 0.3 is 0 Å². The van der Waals surface area contributed by atoms with Crippen LogP contribution in [0.1, 0.15) is 33.6 Å². The predicted octanol–water partition coefficient (Wildman–Crippen LogP) is 2.62. The summed E-state index contributed by atoms with van der Waals surface area (Å²) in [6.07, 6.45) is 2.93. The lowest BCUT2D eigenvalue weighted by atomic mass is 9.44. The van der Waals surface area contributed by atoms with Crippen LogP contribution in [0.3, 0.4) is 0 Å². The Morgan fingerprint density at radius 2 is 1.77 bits per heavy atom. The Labute approximate surface area is 82.5 Å². The van der Waals surface area contributed by atoms with E-state index < -0.39 is 0 Å². The first-order valence-electron chi connectivity index (χ1n) is 5.61. The molecule has 3 fully saturated rings. The number of rotatable bonds is 1. The zero-order chi connectivity index (χ0) is 9.80. The molecule has 1 nitrogen and oxygen atoms in total. The number of hydrogen-bond donors (Lipinski definition) is 0. The highest BCUT2D eigenvalue weighted by molar-refractivity contribution is 5.06. The Morgan fingerprint density at radius 3 is 2.15 bits per heavy atom. The van der Waals surface area contributed by atoms with E-state index in [1.54, 1.807) is 0 Å². The third-order valence-corrected chi connectivity index (χ3v) is 4.98. The van der Waals surface area contributed by atoms with Crippen LogP contribution in [-0.2, 0) is 0 Å². The third kappa shape index (κ3) is 1.16. The molecule has 0 aromatic heterocycles. The molecular formula is C12H23N. The molecule has 0 saturated heterocycles. The lowest BCUT2D eigenvalue weighted by molar-refractivity contribution is -0.132. The molecular weight excluding hydrogens is 158 g/mol. The van der Waals surface area contributed by atoms with E-state index in [2.05, 4.69) is 39.8 Å². The van der Waals surface area contributed by atoms with Gasteiger partial charge in [-0.2, -0.15) is 0 Å². The maximum atomic E-state index is 2.47. The molecule has 3 saturated carbocycles. The van der Waals surface area contributed by atoms with Gasteiger partial charge in [0.15, 0.2) is 0 Å². The van der Waals surface area contributed by atoms with Crippen LogP contribution in [0, 0.1) is 23.2 Å². The van der Waals surface area contributed by atoms with Gasteiger partial charge in [0, 0.05) is 6.04 Å². The average molecular weight is 181 g/mol. The van der Waals surface area contributed by atoms with Gasteiger partial charge in [-0.3, -0.25) is 0 Å². The third-order valence-electron chi connectivity index (χ3n) is 4.98. The molecule has 3 aliphatic rings. The lowest BCUT2D eigenvalue weighted by Gasteiger charge is -2.63. The fourth-order valence-electron chi connectivity index (χ4n) is 3.80. The summed E-state index contributed by atoms with van der Waals surface area (Å²) in [7, 11) is 4.47. The van der Waals surface area contributed by atoms with E-state index in [-0.39, 0.29) is 0 Å². The molecule has 0 N–H and O–H groups in total. The first-order chi connectivity index (χ1) is 5.94. The van der Waals surface area contributed by atoms with Gasteiger partial charge in [0.05, 0.1) is 0 Å². The molecule has 0 heterocycles. The van der Waals surface area contributed by atoms with Crippen molar-refractivity contribution < 1.29 is 0 Å². The highest BCUT2D eigenvalue weighted by Gasteiger charge is 2.56. The van der Waals surface area contributed by atoms with Crippen LogP contribution in [0.25, 0.3) is 0 Å². The van der Waals surface area contributed by atoms with Crippen molar-refractivity contribution in [3.05, 3.63) is 0 Å². The van der Waals surface area contributed by atoms with E-state index in [1.807, 2.05) is 0 Å². The topological polar surface area (TPSA) is 3.24 Å². The molecule has 0 aliphatic heterocycles. The second-order valence-corrected chi connectivity index (χ2v) is 5.99. The van der Waals surface area contributed by atoms with Crippen molar-refractivity contribution in [2.75, 3.05) is 14.1 Å². The number of hydrogen-bond acceptors (Lipinski definition) is 1. The quantitative estimate of drug-likeness (QED) is 0.601. The van der Waals surface area contributed by atoms with Crippen molar-refractivity contribution in [2.45, 2.75) is 39.7 Å². The van der Waals surface area contributed by atoms with Crippen LogP contribution in [0.2, 0.25) is 0 Å². The minimum atomic E-state index is 0.645. The maximum Gasteiger partial charge on any atom is 0.0120 e. The van der Waals surface area contributed by atoms with E-state index in [1.165, 1.54) is 12.8 Å². The molecule has 0 aromatic rings. The van der Waals surface area contributed by atoms with Crippen molar-refractivity contribution in [2.24, 2.45) is 23.2 Å². The zero-order valence-corrected chi connectivity index (χ0v) is 9.67. The van der Waals surface area contributed by atoms with E-state index in [0.29, 0.717) is 5.41 Å². The molecule has 76 valence electrons. The van der Waals surface area contributed by atoms with E-state index in [0.717, 1.165) is 23.8 Å². The highest BCUT2D eigenvalue weighted by atomic mass is 15.1. The molecule has 4 atom stereocenters. The highest BCUT2D eigenvalue weighted by Crippen LogP contribution is 2.61. The van der Waals surface area contributed by atoms with Crippen molar-refractivity contribution in [3.8, 4) is 0 Å². The molecule has 3 aliphatic carbocycles. The Balaban J connectivity index is 2.12. The molecule has 13 heavy (non-hydrogen) atoms. The van der Waals surface area contributed by atoms with Crippen molar-refractivity contribution in [1.29, 1.82) is 0 Å². The summed E-state index contributed by atoms with van der Waals surface area (Å²) < 4.78 is 0. The van der Waals surface area contributed by atoms with Crippen LogP contribution in [-0.4, -0.2) is 25.0 Å². The van der Waals surface area contributed by atoms with E-state index in [9.17, 15) is 0 Å². The smallest absolute Gasteiger partial charge is 0.0120 e. The molecule has 0 radical (unpaired) electrons. The van der Waals surface area contributed by atoms with Crippen LogP contribution in [0.4, 0.5) is 0 Å². The molecule has 2 bridgehead atoms. The Morgan fingerprint density at radius 1 is 1.15 bits per heavy atom. The SMILES string of the molecule is CC1C(N(C)C)C[C@@H]2CC1C2(C)C. The standard InChI is InChI=1S/C12H23N/c1-8-10-6-9(12(10,2)3)7-11(8)13(4)5/h8-11H,6-7H2,1-5H3/t8?,9-,10?,11?/m0/s1. The van der Waals surface area contributed by atoms with Gasteiger partial charge < -0.3 is 4.90 Å². The largest absolute Gasteiger partial charge is 0.306 e. The summed E-state index contributed by atoms with van der Waals surface area (Å²) in [6, 6.07) is 0.844. The normalized spacial score (nSPS) is 47.5. The summed E-state index contributed by atoms with van der Waals surface area (Å²) in [5, 5.41) is 0. The predicted molar refractivity (Wildman–Crippen MR) is 56.6 cm³/mol. The van der Waals surface area contributed by atoms with Crippen LogP contribution in [0.5, 0.6) is 0 Å². The second-order valence-electron chi connectivity index (χ2n) is 5.99. The zero-order valence-electron chi connectivity index (χ0n) is 9.67. The molecule has 1 heteroatoms. The van der Waals surface area contributed by atoms with Crippen LogP contribution < -0.4 is 0 Å². The van der Waals surface area contributed by atoms with Crippen molar-refractivity contribution >= 4 is 0 Å². The molecule has 0 amide bonds. The Kier molecular flexibility index (Phi) is 1.99. The first kappa shape index (κ1) is 9.51. The summed E-state index contributed by atoms with van der Waals surface area (Å²) >= 11 is 0. The fraction of sp³-hybridized carbons (Fsp3) is 1.00. The number of nitrogens with zero attached hydrogens (tertiary/aromatic N) is 1. The Bertz CT molecular complexity index is 205. The van der Waals surface area contributed by atoms with Gasteiger partial charge in [0.1, 0.15) is 0 Å². The minimum absolute atomic E-state index is 0.645. The molecule has 0 spiro atoms. The van der Waals surface area contributed by atoms with E-state index >= 15 is 0 Å². The number of fused-ring (bicyclic) bond motifs is 2. The van der Waals surface area contributed by atoms with Gasteiger partial charge in [-0.15, -0.1) is 0 Å². The van der Waals surface area contributed by atoms with Crippen LogP contribution in [0.15, 0.2) is 0 Å². The Hall–Kier alpha value is -0.0400. The van der Waals surface area contributed by atoms with Gasteiger partial charge in [-0.05, 0) is 50.1 Å². The second kappa shape index (κ2) is 2.73. The first-order valence-corrected chi connectivity index (χ1v) is 5.61. The van der Waals surface area contributed by atoms with Gasteiger partial charge in [-0.25, -0.2) is 0 Å². The molecule has 3 unspecified atom stereocenters. The lowest BCUT2D eigenvalue weighted by Crippen LogP contribution is -2.59. The maximum absolute atomic E-state index is 2.47. The monoisotopic (exact) mass is 181 g/mol. The van der Waals surface area contributed by atoms with Gasteiger partial charge in [-0.1, -0.05) is 20.8 Å². The van der Waals surface area contributed by atoms with Crippen LogP contribution >= 0.6 is 0 Å². The average Bonchev–Trinajstić information content (AvgIpc) is 2.02. The van der Waals surface area contributed by atoms with Crippen molar-refractivity contribution in [3.63, 3.8) is 0 Å². The summed E-state index contributed by atoms with van der Waals surface area (Å²) in [4.78, 5) is 2.43. The summed E-state index contributed by atoms with van der Waals surface area (Å²) in [6.45, 7) is 7.38. The molecule has 0 aromatic carbocycles. The summed E-state index contributed by atoms with van der Waals surface area (Å²) in [5.41, 5.74) is 0.645. The van der Waals surface area contributed by atoms with Gasteiger partial charge in [0.25, 0.3) is 0 Å². The molecule has 3 rings (SSSR count). The summed E-state index contributed by atoms with van der Waals surface area (Å²) in [5.74, 6) is 2.88. The van der Waals surface area contributed by atoms with Gasteiger partial charge in [0.2, 0.25) is 0 Å². The van der Waals surface area contributed by atoms with E-state index in [4.69, 9.17) is 0 Å². The minimum Gasteiger partial charge on any atom is -0.306 e. The van der Waals surface area contributed by atoms with Crippen molar-refractivity contribution in [1.82, 2.24) is 4.90 Å².